The fraction of sp³-hybridized carbons (Fsp3) is 0.800. The van der Waals surface area contributed by atoms with Crippen molar-refractivity contribution in [3.05, 3.63) is 0 Å². The molecule has 0 aromatic rings. The van der Waals surface area contributed by atoms with Gasteiger partial charge in [-0.25, -0.2) is 0 Å². The highest BCUT2D eigenvalue weighted by Crippen LogP contribution is 2.06. The Hall–Kier alpha value is -0.480. The van der Waals surface area contributed by atoms with Gasteiger partial charge in [-0.15, -0.1) is 5.92 Å². The number of hydrogen-bond acceptors (Lipinski definition) is 1. The van der Waals surface area contributed by atoms with Crippen molar-refractivity contribution in [3.63, 3.8) is 0 Å². The van der Waals surface area contributed by atoms with E-state index >= 15 is 0 Å². The van der Waals surface area contributed by atoms with Gasteiger partial charge in [-0.1, -0.05) is 32.6 Å². The van der Waals surface area contributed by atoms with Crippen LogP contribution in [0.4, 0.5) is 0 Å². The molecule has 1 heteroatoms. The zero-order valence-electron chi connectivity index (χ0n) is 7.81. The molecule has 0 radical (unpaired) electrons. The van der Waals surface area contributed by atoms with Crippen LogP contribution in [-0.4, -0.2) is 13.2 Å². The summed E-state index contributed by atoms with van der Waals surface area (Å²) in [5, 5.41) is 0. The number of hydrogen-bond donors (Lipinski definition) is 0. The maximum Gasteiger partial charge on any atom is 0.107 e. The molecule has 0 unspecified atom stereocenters. The van der Waals surface area contributed by atoms with Gasteiger partial charge in [-0.3, -0.25) is 0 Å². The van der Waals surface area contributed by atoms with Crippen molar-refractivity contribution in [3.8, 4) is 11.8 Å². The molecule has 64 valence electrons. The zero-order valence-corrected chi connectivity index (χ0v) is 7.81. The van der Waals surface area contributed by atoms with Gasteiger partial charge in [0.05, 0.1) is 6.61 Å². The van der Waals surface area contributed by atoms with Crippen LogP contribution in [0.1, 0.15) is 33.6 Å². The van der Waals surface area contributed by atoms with E-state index in [9.17, 15) is 0 Å². The molecule has 0 N–H and O–H groups in total. The molecule has 0 bridgehead atoms. The van der Waals surface area contributed by atoms with Crippen molar-refractivity contribution in [2.24, 2.45) is 5.92 Å². The average Bonchev–Trinajstić information content (AvgIpc) is 2.05. The van der Waals surface area contributed by atoms with Crippen LogP contribution in [-0.2, 0) is 4.74 Å². The maximum absolute atomic E-state index is 5.34. The van der Waals surface area contributed by atoms with E-state index in [0.29, 0.717) is 12.5 Å². The van der Waals surface area contributed by atoms with Gasteiger partial charge in [-0.2, -0.15) is 0 Å². The third kappa shape index (κ3) is 5.94. The second-order valence-electron chi connectivity index (χ2n) is 2.62. The van der Waals surface area contributed by atoms with Crippen molar-refractivity contribution in [2.75, 3.05) is 13.2 Å². The predicted molar refractivity (Wildman–Crippen MR) is 48.3 cm³/mol. The SMILES string of the molecule is CC#CCOCC(CC)CC. The summed E-state index contributed by atoms with van der Waals surface area (Å²) in [6, 6.07) is 0. The molecule has 0 atom stereocenters. The molecule has 0 aromatic heterocycles. The minimum atomic E-state index is 0.590. The first kappa shape index (κ1) is 10.5. The molecule has 0 heterocycles. The van der Waals surface area contributed by atoms with E-state index < -0.39 is 0 Å². The van der Waals surface area contributed by atoms with Gasteiger partial charge in [0.2, 0.25) is 0 Å². The summed E-state index contributed by atoms with van der Waals surface area (Å²) in [4.78, 5) is 0. The smallest absolute Gasteiger partial charge is 0.107 e. The molecule has 0 aliphatic rings. The lowest BCUT2D eigenvalue weighted by atomic mass is 10.1. The van der Waals surface area contributed by atoms with Gasteiger partial charge >= 0.3 is 0 Å². The van der Waals surface area contributed by atoms with Crippen LogP contribution in [0.15, 0.2) is 0 Å². The van der Waals surface area contributed by atoms with Gasteiger partial charge in [0.1, 0.15) is 6.61 Å². The van der Waals surface area contributed by atoms with Gasteiger partial charge in [-0.05, 0) is 12.8 Å². The number of rotatable bonds is 5. The van der Waals surface area contributed by atoms with Crippen molar-refractivity contribution in [1.82, 2.24) is 0 Å². The summed E-state index contributed by atoms with van der Waals surface area (Å²) in [5.74, 6) is 6.40. The first-order chi connectivity index (χ1) is 5.35. The van der Waals surface area contributed by atoms with E-state index in [1.807, 2.05) is 6.92 Å². The minimum Gasteiger partial charge on any atom is -0.368 e. The first-order valence-corrected chi connectivity index (χ1v) is 4.32. The van der Waals surface area contributed by atoms with Crippen LogP contribution in [0.2, 0.25) is 0 Å². The van der Waals surface area contributed by atoms with Crippen LogP contribution in [0, 0.1) is 17.8 Å². The highest BCUT2D eigenvalue weighted by molar-refractivity contribution is 4.94. The van der Waals surface area contributed by atoms with Crippen LogP contribution in [0.25, 0.3) is 0 Å². The van der Waals surface area contributed by atoms with Gasteiger partial charge in [0.25, 0.3) is 0 Å². The largest absolute Gasteiger partial charge is 0.368 e. The molecule has 0 saturated heterocycles. The summed E-state index contributed by atoms with van der Waals surface area (Å²) in [7, 11) is 0. The van der Waals surface area contributed by atoms with Crippen LogP contribution in [0.3, 0.4) is 0 Å². The Morgan fingerprint density at radius 1 is 1.27 bits per heavy atom. The Morgan fingerprint density at radius 2 is 1.91 bits per heavy atom. The second kappa shape index (κ2) is 7.63. The molecule has 0 aromatic carbocycles. The fourth-order valence-electron chi connectivity index (χ4n) is 0.873. The maximum atomic E-state index is 5.34. The highest BCUT2D eigenvalue weighted by Gasteiger charge is 2.01. The van der Waals surface area contributed by atoms with E-state index in [1.165, 1.54) is 12.8 Å². The van der Waals surface area contributed by atoms with Crippen LogP contribution >= 0.6 is 0 Å². The molecular weight excluding hydrogens is 136 g/mol. The minimum absolute atomic E-state index is 0.590. The lowest BCUT2D eigenvalue weighted by Crippen LogP contribution is -2.07. The third-order valence-electron chi connectivity index (χ3n) is 1.86. The molecule has 0 rings (SSSR count). The Labute approximate surface area is 70.1 Å². The molecule has 0 saturated carbocycles. The quantitative estimate of drug-likeness (QED) is 0.436. The van der Waals surface area contributed by atoms with Crippen LogP contribution in [0.5, 0.6) is 0 Å². The molecule has 0 fully saturated rings. The third-order valence-corrected chi connectivity index (χ3v) is 1.86. The summed E-state index contributed by atoms with van der Waals surface area (Å²) in [5.41, 5.74) is 0. The normalized spacial score (nSPS) is 9.45. The Kier molecular flexibility index (Phi) is 7.29. The molecular formula is C10H18O. The predicted octanol–water partition coefficient (Wildman–Crippen LogP) is 2.46. The first-order valence-electron chi connectivity index (χ1n) is 4.32. The van der Waals surface area contributed by atoms with Crippen molar-refractivity contribution >= 4 is 0 Å². The van der Waals surface area contributed by atoms with Crippen molar-refractivity contribution < 1.29 is 4.74 Å². The average molecular weight is 154 g/mol. The number of ether oxygens (including phenoxy) is 1. The fourth-order valence-corrected chi connectivity index (χ4v) is 0.873. The van der Waals surface area contributed by atoms with Crippen molar-refractivity contribution in [2.45, 2.75) is 33.6 Å². The topological polar surface area (TPSA) is 9.23 Å². The lowest BCUT2D eigenvalue weighted by molar-refractivity contribution is 0.123. The van der Waals surface area contributed by atoms with E-state index in [2.05, 4.69) is 25.7 Å². The molecule has 0 spiro atoms. The summed E-state index contributed by atoms with van der Waals surface area (Å²) in [6.07, 6.45) is 2.41. The van der Waals surface area contributed by atoms with E-state index in [0.717, 1.165) is 6.61 Å². The summed E-state index contributed by atoms with van der Waals surface area (Å²) in [6.45, 7) is 7.68. The monoisotopic (exact) mass is 154 g/mol. The Bertz CT molecular complexity index is 126. The van der Waals surface area contributed by atoms with Gasteiger partial charge < -0.3 is 4.74 Å². The highest BCUT2D eigenvalue weighted by atomic mass is 16.5. The van der Waals surface area contributed by atoms with E-state index in [-0.39, 0.29) is 0 Å². The molecule has 0 aliphatic heterocycles. The molecule has 0 aliphatic carbocycles. The Morgan fingerprint density at radius 3 is 2.36 bits per heavy atom. The summed E-state index contributed by atoms with van der Waals surface area (Å²) < 4.78 is 5.34. The lowest BCUT2D eigenvalue weighted by Gasteiger charge is -2.10. The molecule has 1 nitrogen and oxygen atoms in total. The van der Waals surface area contributed by atoms with Crippen LogP contribution < -0.4 is 0 Å². The second-order valence-corrected chi connectivity index (χ2v) is 2.62. The standard InChI is InChI=1S/C10H18O/c1-4-7-8-11-9-10(5-2)6-3/h10H,5-6,8-9H2,1-3H3. The van der Waals surface area contributed by atoms with E-state index in [4.69, 9.17) is 4.74 Å². The van der Waals surface area contributed by atoms with Gasteiger partial charge in [0.15, 0.2) is 0 Å². The van der Waals surface area contributed by atoms with E-state index in [1.54, 1.807) is 0 Å². The zero-order chi connectivity index (χ0) is 8.53. The Balaban J connectivity index is 3.25. The molecule has 0 amide bonds. The summed E-state index contributed by atoms with van der Waals surface area (Å²) >= 11 is 0. The molecule has 11 heavy (non-hydrogen) atoms. The van der Waals surface area contributed by atoms with Gasteiger partial charge in [0, 0.05) is 0 Å². The van der Waals surface area contributed by atoms with Crippen molar-refractivity contribution in [1.29, 1.82) is 0 Å².